The van der Waals surface area contributed by atoms with Crippen molar-refractivity contribution in [3.63, 3.8) is 0 Å². The van der Waals surface area contributed by atoms with Crippen LogP contribution in [0.25, 0.3) is 0 Å². The first-order chi connectivity index (χ1) is 3.73. The molecule has 0 aromatic heterocycles. The summed E-state index contributed by atoms with van der Waals surface area (Å²) in [4.78, 5) is 8.89. The minimum absolute atomic E-state index is 0. The summed E-state index contributed by atoms with van der Waals surface area (Å²) in [5.41, 5.74) is 0. The average molecular weight is 308 g/mol. The van der Waals surface area contributed by atoms with Crippen LogP contribution in [0.4, 0.5) is 0 Å². The first-order valence-corrected chi connectivity index (χ1v) is 3.96. The molecule has 0 aromatic carbocycles. The van der Waals surface area contributed by atoms with E-state index in [4.69, 9.17) is 23.2 Å². The summed E-state index contributed by atoms with van der Waals surface area (Å²) in [6, 6.07) is 0. The first-order valence-electron chi connectivity index (χ1n) is 1.59. The molecular formula is C2H14Na2O10S2. The van der Waals surface area contributed by atoms with Crippen LogP contribution in [0.3, 0.4) is 0 Å². The number of hydrogen-bond acceptors (Lipinski definition) is 5. The third-order valence-corrected chi connectivity index (χ3v) is 0. The molecule has 1 unspecified atom stereocenters. The molecule has 0 amide bonds. The Labute approximate surface area is 141 Å². The second-order valence-electron chi connectivity index (χ2n) is 0.919. The van der Waals surface area contributed by atoms with Crippen molar-refractivity contribution in [1.29, 1.82) is 0 Å². The maximum absolute atomic E-state index is 9.00. The van der Waals surface area contributed by atoms with Crippen LogP contribution in [0, 0.1) is 0 Å². The van der Waals surface area contributed by atoms with Crippen molar-refractivity contribution in [2.75, 3.05) is 0 Å². The molecule has 14 heteroatoms. The van der Waals surface area contributed by atoms with Gasteiger partial charge in [0, 0.05) is 5.97 Å². The summed E-state index contributed by atoms with van der Waals surface area (Å²) in [5.74, 6) is -1.08. The van der Waals surface area contributed by atoms with Gasteiger partial charge in [-0.1, -0.05) is 0 Å². The smallest absolute Gasteiger partial charge is 0.748 e. The molecule has 0 aliphatic heterocycles. The maximum Gasteiger partial charge on any atom is 1.00 e. The van der Waals surface area contributed by atoms with Gasteiger partial charge in [-0.15, -0.1) is 0 Å². The zero-order chi connectivity index (χ0) is 8.08. The third-order valence-electron chi connectivity index (χ3n) is 0. The molecule has 0 aromatic rings. The summed E-state index contributed by atoms with van der Waals surface area (Å²) in [7, 11) is -4.08. The van der Waals surface area contributed by atoms with Crippen LogP contribution in [0.1, 0.15) is 6.92 Å². The van der Waals surface area contributed by atoms with E-state index in [1.807, 2.05) is 0 Å². The Morgan fingerprint density at radius 2 is 1.12 bits per heavy atom. The van der Waals surface area contributed by atoms with Crippen molar-refractivity contribution in [3.05, 3.63) is 0 Å². The van der Waals surface area contributed by atoms with Crippen LogP contribution in [0.5, 0.6) is 0 Å². The van der Waals surface area contributed by atoms with Gasteiger partial charge in [-0.2, -0.15) is 0 Å². The van der Waals surface area contributed by atoms with Crippen molar-refractivity contribution in [3.8, 4) is 0 Å². The van der Waals surface area contributed by atoms with Crippen molar-refractivity contribution in [2.45, 2.75) is 6.92 Å². The van der Waals surface area contributed by atoms with E-state index in [-0.39, 0.29) is 86.5 Å². The van der Waals surface area contributed by atoms with Gasteiger partial charge < -0.3 is 46.4 Å². The number of carbonyl (C=O) groups is 1. The molecule has 0 rings (SSSR count). The quantitative estimate of drug-likeness (QED) is 0.424. The maximum atomic E-state index is 9.00. The molecule has 1 atom stereocenters. The Balaban J connectivity index is -0.00000000614. The molecule has 0 radical (unpaired) electrons. The molecule has 16 heavy (non-hydrogen) atoms. The summed E-state index contributed by atoms with van der Waals surface area (Å²) >= 11 is 3.35. The van der Waals surface area contributed by atoms with Gasteiger partial charge in [0.2, 0.25) is 0 Å². The van der Waals surface area contributed by atoms with Gasteiger partial charge in [-0.05, 0) is 18.1 Å². The topological polar surface area (TPSA) is 258 Å². The minimum Gasteiger partial charge on any atom is -0.748 e. The molecule has 0 saturated heterocycles. The van der Waals surface area contributed by atoms with E-state index in [0.717, 1.165) is 6.92 Å². The Bertz CT molecular complexity index is 167. The number of hydrogen-bond donors (Lipinski definition) is 1. The fraction of sp³-hybridized carbons (Fsp3) is 0.500. The van der Waals surface area contributed by atoms with E-state index < -0.39 is 15.0 Å². The Kier molecular flexibility index (Phi) is 148. The minimum atomic E-state index is -4.08. The molecule has 0 aliphatic rings. The number of aliphatic carboxylic acids is 1. The van der Waals surface area contributed by atoms with Crippen molar-refractivity contribution in [2.24, 2.45) is 0 Å². The first kappa shape index (κ1) is 65.7. The summed E-state index contributed by atoms with van der Waals surface area (Å²) in [5, 5.41) is 8.89. The zero-order valence-corrected chi connectivity index (χ0v) is 14.5. The van der Waals surface area contributed by atoms with E-state index >= 15 is 0 Å². The largest absolute Gasteiger partial charge is 1.00 e. The van der Waals surface area contributed by atoms with Crippen LogP contribution in [-0.2, 0) is 25.0 Å². The monoisotopic (exact) mass is 308 g/mol. The zero-order valence-electron chi connectivity index (χ0n) is 8.90. The predicted octanol–water partition coefficient (Wildman–Crippen LogP) is -12.0. The Morgan fingerprint density at radius 1 is 1.12 bits per heavy atom. The van der Waals surface area contributed by atoms with Crippen molar-refractivity contribution < 1.29 is 110 Å². The van der Waals surface area contributed by atoms with Gasteiger partial charge in [0.05, 0.1) is 9.05 Å². The fourth-order valence-electron chi connectivity index (χ4n) is 0. The molecular weight excluding hydrogens is 294 g/mol. The average Bonchev–Trinajstić information content (AvgIpc) is 1.19. The van der Waals surface area contributed by atoms with Gasteiger partial charge in [0.15, 0.2) is 0 Å². The molecule has 11 N–H and O–H groups in total. The molecule has 0 aliphatic carbocycles. The second-order valence-corrected chi connectivity index (χ2v) is 3.04. The molecule has 0 spiro atoms. The summed E-state index contributed by atoms with van der Waals surface area (Å²) in [6.07, 6.45) is 0. The van der Waals surface area contributed by atoms with Crippen molar-refractivity contribution in [1.82, 2.24) is 0 Å². The molecule has 0 saturated carbocycles. The predicted molar refractivity (Wildman–Crippen MR) is 47.7 cm³/mol. The molecule has 0 bridgehead atoms. The van der Waals surface area contributed by atoms with E-state index in [9.17, 15) is 0 Å². The number of carboxylic acid groups (broad SMARTS) is 1. The van der Waals surface area contributed by atoms with Crippen LogP contribution >= 0.6 is 0 Å². The normalized spacial score (nSPS) is 8.19. The molecule has 10 nitrogen and oxygen atoms in total. The van der Waals surface area contributed by atoms with Gasteiger partial charge in [0.1, 0.15) is 0 Å². The standard InChI is InChI=1S/C2H4O2.2Na.H2O3S2.5H2O/c1-2(3)4;;;1-5(2,3)4;;;;;/h1H3,(H,3,4);;;(H2,1,2,3,4);5*1H2/q;2*+1;;;;;;/p-2. The van der Waals surface area contributed by atoms with Crippen LogP contribution in [-0.4, -0.2) is 46.7 Å². The summed E-state index contributed by atoms with van der Waals surface area (Å²) in [6.45, 7) is 0.972. The molecule has 0 fully saturated rings. The van der Waals surface area contributed by atoms with Crippen molar-refractivity contribution >= 4 is 26.2 Å². The van der Waals surface area contributed by atoms with Gasteiger partial charge in [-0.25, -0.2) is 4.21 Å². The Hall–Kier alpha value is 1.56. The SMILES string of the molecule is CC(=O)[O-].O.O.O.O.O.O=S([O-])(O)=S.[Na+].[Na+]. The van der Waals surface area contributed by atoms with Gasteiger partial charge >= 0.3 is 59.1 Å². The van der Waals surface area contributed by atoms with Crippen LogP contribution in [0.15, 0.2) is 0 Å². The van der Waals surface area contributed by atoms with Crippen LogP contribution in [0.2, 0.25) is 0 Å². The van der Waals surface area contributed by atoms with E-state index in [2.05, 4.69) is 11.2 Å². The van der Waals surface area contributed by atoms with Gasteiger partial charge in [-0.3, -0.25) is 0 Å². The van der Waals surface area contributed by atoms with Gasteiger partial charge in [0.25, 0.3) is 0 Å². The molecule has 96 valence electrons. The van der Waals surface area contributed by atoms with E-state index in [0.29, 0.717) is 0 Å². The Morgan fingerprint density at radius 3 is 1.12 bits per heavy atom. The van der Waals surface area contributed by atoms with Crippen LogP contribution < -0.4 is 64.2 Å². The number of carbonyl (C=O) groups excluding carboxylic acids is 1. The third kappa shape index (κ3) is 1360. The summed E-state index contributed by atoms with van der Waals surface area (Å²) < 4.78 is 25.3. The number of carboxylic acids is 1. The molecule has 0 heterocycles. The van der Waals surface area contributed by atoms with E-state index in [1.54, 1.807) is 0 Å². The van der Waals surface area contributed by atoms with E-state index in [1.165, 1.54) is 0 Å². The fourth-order valence-corrected chi connectivity index (χ4v) is 0. The second kappa shape index (κ2) is 36.0. The number of rotatable bonds is 0.